The Morgan fingerprint density at radius 3 is 2.70 bits per heavy atom. The molecule has 0 atom stereocenters. The van der Waals surface area contributed by atoms with Crippen LogP contribution < -0.4 is 10.9 Å². The predicted octanol–water partition coefficient (Wildman–Crippen LogP) is 2.42. The summed E-state index contributed by atoms with van der Waals surface area (Å²) in [4.78, 5) is 31.7. The maximum absolute atomic E-state index is 13.2. The molecule has 0 radical (unpaired) electrons. The summed E-state index contributed by atoms with van der Waals surface area (Å²) < 4.78 is 42.2. The van der Waals surface area contributed by atoms with E-state index in [1.807, 2.05) is 0 Å². The monoisotopic (exact) mass is 417 g/mol. The van der Waals surface area contributed by atoms with E-state index in [9.17, 15) is 22.8 Å². The molecular formula is C18H14F3N7O2. The first-order valence-corrected chi connectivity index (χ1v) is 8.62. The Bertz CT molecular complexity index is 1330. The minimum atomic E-state index is -4.69. The Morgan fingerprint density at radius 1 is 1.23 bits per heavy atom. The number of fused-ring (bicyclic) bond motifs is 1. The van der Waals surface area contributed by atoms with Gasteiger partial charge in [-0.05, 0) is 19.1 Å². The van der Waals surface area contributed by atoms with E-state index >= 15 is 0 Å². The van der Waals surface area contributed by atoms with Crippen LogP contribution in [0.1, 0.15) is 21.6 Å². The zero-order chi connectivity index (χ0) is 21.6. The lowest BCUT2D eigenvalue weighted by molar-refractivity contribution is -0.137. The van der Waals surface area contributed by atoms with Crippen LogP contribution in [0.25, 0.3) is 17.0 Å². The van der Waals surface area contributed by atoms with E-state index < -0.39 is 28.8 Å². The molecule has 4 aromatic rings. The Labute approximate surface area is 166 Å². The second-order valence-electron chi connectivity index (χ2n) is 6.48. The lowest BCUT2D eigenvalue weighted by atomic mass is 10.1. The maximum atomic E-state index is 13.2. The van der Waals surface area contributed by atoms with Gasteiger partial charge in [-0.2, -0.15) is 33.0 Å². The third-order valence-electron chi connectivity index (χ3n) is 4.34. The first-order chi connectivity index (χ1) is 14.1. The van der Waals surface area contributed by atoms with Crippen molar-refractivity contribution >= 4 is 22.8 Å². The van der Waals surface area contributed by atoms with Gasteiger partial charge in [-0.3, -0.25) is 19.3 Å². The van der Waals surface area contributed by atoms with Crippen LogP contribution in [0.2, 0.25) is 0 Å². The van der Waals surface area contributed by atoms with Gasteiger partial charge in [-0.1, -0.05) is 12.1 Å². The van der Waals surface area contributed by atoms with Crippen molar-refractivity contribution < 1.29 is 18.0 Å². The molecule has 12 heteroatoms. The molecule has 1 aromatic carbocycles. The molecule has 0 saturated carbocycles. The van der Waals surface area contributed by atoms with Crippen molar-refractivity contribution in [3.8, 4) is 5.95 Å². The van der Waals surface area contributed by atoms with E-state index in [2.05, 4.69) is 25.5 Å². The SMILES string of the molecule is Cc1cc(NC(=O)c2ccccc2C(F)(F)F)n(-c2nc3c(cnn3C)c(=O)[nH]2)n1. The summed E-state index contributed by atoms with van der Waals surface area (Å²) in [5.74, 6) is -0.962. The van der Waals surface area contributed by atoms with Crippen LogP contribution in [-0.2, 0) is 13.2 Å². The molecular weight excluding hydrogens is 403 g/mol. The molecule has 2 N–H and O–H groups in total. The van der Waals surface area contributed by atoms with Gasteiger partial charge in [0, 0.05) is 13.1 Å². The van der Waals surface area contributed by atoms with Gasteiger partial charge < -0.3 is 5.32 Å². The number of rotatable bonds is 3. The Kier molecular flexibility index (Phi) is 4.41. The van der Waals surface area contributed by atoms with Crippen LogP contribution in [-0.4, -0.2) is 35.4 Å². The standard InChI is InChI=1S/C18H14F3N7O2/c1-9-7-13(23-15(29)10-5-3-4-6-12(10)18(19,20)21)28(26-9)17-24-14-11(16(30)25-17)8-22-27(14)2/h3-8H,1-2H3,(H,23,29)(H,24,25,30). The third-order valence-corrected chi connectivity index (χ3v) is 4.34. The average molecular weight is 417 g/mol. The number of benzene rings is 1. The second kappa shape index (κ2) is 6.83. The van der Waals surface area contributed by atoms with Crippen LogP contribution >= 0.6 is 0 Å². The molecule has 0 unspecified atom stereocenters. The van der Waals surface area contributed by atoms with Crippen molar-refractivity contribution in [2.45, 2.75) is 13.1 Å². The molecule has 9 nitrogen and oxygen atoms in total. The van der Waals surface area contributed by atoms with E-state index in [1.54, 1.807) is 14.0 Å². The number of nitrogens with one attached hydrogen (secondary N) is 2. The van der Waals surface area contributed by atoms with Crippen molar-refractivity contribution in [3.05, 3.63) is 63.7 Å². The van der Waals surface area contributed by atoms with Gasteiger partial charge in [0.05, 0.1) is 23.0 Å². The molecule has 0 fully saturated rings. The minimum absolute atomic E-state index is 0.0244. The molecule has 0 bridgehead atoms. The lowest BCUT2D eigenvalue weighted by Crippen LogP contribution is -2.21. The fraction of sp³-hybridized carbons (Fsp3) is 0.167. The highest BCUT2D eigenvalue weighted by Crippen LogP contribution is 2.32. The number of anilines is 1. The summed E-state index contributed by atoms with van der Waals surface area (Å²) in [5.41, 5.74) is -1.35. The van der Waals surface area contributed by atoms with Gasteiger partial charge in [0.2, 0.25) is 5.95 Å². The summed E-state index contributed by atoms with van der Waals surface area (Å²) in [6.07, 6.45) is -3.34. The minimum Gasteiger partial charge on any atom is -0.306 e. The smallest absolute Gasteiger partial charge is 0.306 e. The lowest BCUT2D eigenvalue weighted by Gasteiger charge is -2.13. The number of nitrogens with zero attached hydrogens (tertiary/aromatic N) is 5. The van der Waals surface area contributed by atoms with E-state index in [4.69, 9.17) is 0 Å². The molecule has 30 heavy (non-hydrogen) atoms. The number of aryl methyl sites for hydroxylation is 2. The van der Waals surface area contributed by atoms with Crippen LogP contribution in [0.4, 0.5) is 19.0 Å². The van der Waals surface area contributed by atoms with Crippen LogP contribution in [0, 0.1) is 6.92 Å². The number of amides is 1. The van der Waals surface area contributed by atoms with Crippen LogP contribution in [0.3, 0.4) is 0 Å². The average Bonchev–Trinajstić information content (AvgIpc) is 3.24. The summed E-state index contributed by atoms with van der Waals surface area (Å²) in [6, 6.07) is 5.88. The highest BCUT2D eigenvalue weighted by molar-refractivity contribution is 6.05. The number of H-pyrrole nitrogens is 1. The number of aromatic nitrogens is 6. The number of alkyl halides is 3. The molecule has 154 valence electrons. The van der Waals surface area contributed by atoms with Crippen molar-refractivity contribution in [2.24, 2.45) is 7.05 Å². The fourth-order valence-electron chi connectivity index (χ4n) is 2.98. The predicted molar refractivity (Wildman–Crippen MR) is 100 cm³/mol. The van der Waals surface area contributed by atoms with Crippen molar-refractivity contribution in [1.82, 2.24) is 29.5 Å². The maximum Gasteiger partial charge on any atom is 0.417 e. The quantitative estimate of drug-likeness (QED) is 0.532. The first kappa shape index (κ1) is 19.4. The zero-order valence-corrected chi connectivity index (χ0v) is 15.7. The second-order valence-corrected chi connectivity index (χ2v) is 6.48. The summed E-state index contributed by atoms with van der Waals surface area (Å²) in [5, 5.41) is 10.8. The molecule has 4 rings (SSSR count). The van der Waals surface area contributed by atoms with Gasteiger partial charge in [-0.25, -0.2) is 0 Å². The fourth-order valence-corrected chi connectivity index (χ4v) is 2.98. The van der Waals surface area contributed by atoms with E-state index in [0.29, 0.717) is 5.69 Å². The molecule has 1 amide bonds. The van der Waals surface area contributed by atoms with Crippen LogP contribution in [0.5, 0.6) is 0 Å². The van der Waals surface area contributed by atoms with E-state index in [1.165, 1.54) is 29.1 Å². The topological polar surface area (TPSA) is 110 Å². The highest BCUT2D eigenvalue weighted by Gasteiger charge is 2.35. The van der Waals surface area contributed by atoms with Crippen molar-refractivity contribution in [3.63, 3.8) is 0 Å². The van der Waals surface area contributed by atoms with E-state index in [-0.39, 0.29) is 22.8 Å². The Hall–Kier alpha value is -3.96. The number of hydrogen-bond acceptors (Lipinski definition) is 5. The summed E-state index contributed by atoms with van der Waals surface area (Å²) >= 11 is 0. The summed E-state index contributed by atoms with van der Waals surface area (Å²) in [7, 11) is 1.60. The normalized spacial score (nSPS) is 11.8. The van der Waals surface area contributed by atoms with Crippen molar-refractivity contribution in [2.75, 3.05) is 5.32 Å². The Morgan fingerprint density at radius 2 is 1.97 bits per heavy atom. The molecule has 3 aromatic heterocycles. The van der Waals surface area contributed by atoms with Gasteiger partial charge >= 0.3 is 6.18 Å². The number of aromatic amines is 1. The molecule has 0 aliphatic carbocycles. The first-order valence-electron chi connectivity index (χ1n) is 8.62. The largest absolute Gasteiger partial charge is 0.417 e. The Balaban J connectivity index is 1.77. The van der Waals surface area contributed by atoms with Gasteiger partial charge in [-0.15, -0.1) is 0 Å². The molecule has 0 saturated heterocycles. The highest BCUT2D eigenvalue weighted by atomic mass is 19.4. The molecule has 3 heterocycles. The van der Waals surface area contributed by atoms with Crippen molar-refractivity contribution in [1.29, 1.82) is 0 Å². The van der Waals surface area contributed by atoms with Crippen LogP contribution in [0.15, 0.2) is 41.3 Å². The number of carbonyl (C=O) groups is 1. The summed E-state index contributed by atoms with van der Waals surface area (Å²) in [6.45, 7) is 1.62. The third kappa shape index (κ3) is 3.32. The van der Waals surface area contributed by atoms with Gasteiger partial charge in [0.1, 0.15) is 11.2 Å². The number of carbonyl (C=O) groups excluding carboxylic acids is 1. The molecule has 0 aliphatic heterocycles. The molecule has 0 spiro atoms. The molecule has 0 aliphatic rings. The zero-order valence-electron chi connectivity index (χ0n) is 15.7. The van der Waals surface area contributed by atoms with Gasteiger partial charge in [0.25, 0.3) is 11.5 Å². The number of hydrogen-bond donors (Lipinski definition) is 2. The number of halogens is 3. The van der Waals surface area contributed by atoms with Gasteiger partial charge in [0.15, 0.2) is 5.65 Å². The van der Waals surface area contributed by atoms with E-state index in [0.717, 1.165) is 16.8 Å².